The normalized spacial score (nSPS) is 11.3. The van der Waals surface area contributed by atoms with Gasteiger partial charge < -0.3 is 20.3 Å². The highest BCUT2D eigenvalue weighted by molar-refractivity contribution is 6.30. The maximum atomic E-state index is 11.5. The number of halogens is 1. The van der Waals surface area contributed by atoms with Gasteiger partial charge in [-0.3, -0.25) is 9.79 Å². The molecule has 6 nitrogen and oxygen atoms in total. The second-order valence-corrected chi connectivity index (χ2v) is 6.08. The Balaban J connectivity index is 2.28. The van der Waals surface area contributed by atoms with E-state index < -0.39 is 0 Å². The molecule has 0 aromatic heterocycles. The van der Waals surface area contributed by atoms with Gasteiger partial charge >= 0.3 is 0 Å². The van der Waals surface area contributed by atoms with E-state index in [9.17, 15) is 4.79 Å². The van der Waals surface area contributed by atoms with Crippen LogP contribution in [0.5, 0.6) is 5.75 Å². The van der Waals surface area contributed by atoms with Gasteiger partial charge in [-0.1, -0.05) is 31.5 Å². The highest BCUT2D eigenvalue weighted by atomic mass is 35.5. The van der Waals surface area contributed by atoms with E-state index in [4.69, 9.17) is 16.3 Å². The number of aliphatic imine (C=N–C) groups is 1. The third kappa shape index (κ3) is 7.55. The van der Waals surface area contributed by atoms with Crippen molar-refractivity contribution in [2.75, 3.05) is 40.3 Å². The maximum absolute atomic E-state index is 11.5. The molecule has 0 fully saturated rings. The molecule has 0 aliphatic carbocycles. The average Bonchev–Trinajstić information content (AvgIpc) is 2.54. The zero-order chi connectivity index (χ0) is 17.9. The summed E-state index contributed by atoms with van der Waals surface area (Å²) in [4.78, 5) is 17.7. The smallest absolute Gasteiger partial charge is 0.222 e. The summed E-state index contributed by atoms with van der Waals surface area (Å²) in [6.45, 7) is 6.10. The lowest BCUT2D eigenvalue weighted by molar-refractivity contribution is -0.123. The summed E-state index contributed by atoms with van der Waals surface area (Å²) in [5.74, 6) is 1.55. The van der Waals surface area contributed by atoms with Gasteiger partial charge in [-0.15, -0.1) is 0 Å². The molecular formula is C17H27ClN4O2. The number of guanidine groups is 1. The molecule has 1 amide bonds. The molecular weight excluding hydrogens is 328 g/mol. The van der Waals surface area contributed by atoms with Crippen molar-refractivity contribution < 1.29 is 9.53 Å². The summed E-state index contributed by atoms with van der Waals surface area (Å²) in [7, 11) is 3.66. The van der Waals surface area contributed by atoms with E-state index in [0.717, 1.165) is 11.7 Å². The van der Waals surface area contributed by atoms with Crippen LogP contribution in [0.25, 0.3) is 0 Å². The zero-order valence-electron chi connectivity index (χ0n) is 14.8. The van der Waals surface area contributed by atoms with Crippen LogP contribution in [0.2, 0.25) is 5.02 Å². The molecule has 7 heteroatoms. The van der Waals surface area contributed by atoms with E-state index in [1.54, 1.807) is 13.1 Å². The van der Waals surface area contributed by atoms with Gasteiger partial charge in [-0.25, -0.2) is 0 Å². The van der Waals surface area contributed by atoms with Crippen LogP contribution in [0, 0.1) is 5.92 Å². The predicted octanol–water partition coefficient (Wildman–Crippen LogP) is 2.00. The van der Waals surface area contributed by atoms with Crippen molar-refractivity contribution in [2.24, 2.45) is 10.9 Å². The van der Waals surface area contributed by atoms with Crippen molar-refractivity contribution in [1.29, 1.82) is 0 Å². The van der Waals surface area contributed by atoms with E-state index in [1.807, 2.05) is 44.0 Å². The number of amides is 1. The maximum Gasteiger partial charge on any atom is 0.222 e. The molecule has 1 aromatic rings. The van der Waals surface area contributed by atoms with Crippen LogP contribution in [0.15, 0.2) is 29.3 Å². The number of nitrogens with one attached hydrogen (secondary N) is 2. The Bertz CT molecular complexity index is 549. The minimum Gasteiger partial charge on any atom is -0.492 e. The molecule has 0 aliphatic heterocycles. The van der Waals surface area contributed by atoms with Gasteiger partial charge in [-0.2, -0.15) is 0 Å². The van der Waals surface area contributed by atoms with E-state index in [2.05, 4.69) is 15.6 Å². The van der Waals surface area contributed by atoms with Gasteiger partial charge in [0.1, 0.15) is 12.4 Å². The Morgan fingerprint density at radius 2 is 2.04 bits per heavy atom. The van der Waals surface area contributed by atoms with Gasteiger partial charge in [0, 0.05) is 38.1 Å². The van der Waals surface area contributed by atoms with Gasteiger partial charge in [0.05, 0.1) is 6.54 Å². The van der Waals surface area contributed by atoms with Crippen LogP contribution >= 0.6 is 11.6 Å². The molecule has 0 saturated carbocycles. The summed E-state index contributed by atoms with van der Waals surface area (Å²) in [6.07, 6.45) is 0. The Hall–Kier alpha value is -1.95. The Kier molecular flexibility index (Phi) is 9.01. The molecule has 0 saturated heterocycles. The summed E-state index contributed by atoms with van der Waals surface area (Å²) in [5, 5.41) is 6.72. The number of hydrogen-bond donors (Lipinski definition) is 2. The topological polar surface area (TPSA) is 66.0 Å². The number of benzene rings is 1. The van der Waals surface area contributed by atoms with Gasteiger partial charge in [0.25, 0.3) is 0 Å². The molecule has 2 N–H and O–H groups in total. The van der Waals surface area contributed by atoms with Crippen LogP contribution in [-0.4, -0.2) is 57.1 Å². The first-order chi connectivity index (χ1) is 11.4. The molecule has 1 aromatic carbocycles. The molecule has 0 heterocycles. The molecule has 134 valence electrons. The largest absolute Gasteiger partial charge is 0.492 e. The van der Waals surface area contributed by atoms with E-state index in [1.165, 1.54) is 0 Å². The summed E-state index contributed by atoms with van der Waals surface area (Å²) in [6, 6.07) is 7.32. The second-order valence-electron chi connectivity index (χ2n) is 5.65. The Morgan fingerprint density at radius 3 is 2.67 bits per heavy atom. The minimum absolute atomic E-state index is 0.00405. The predicted molar refractivity (Wildman–Crippen MR) is 98.8 cm³/mol. The first-order valence-corrected chi connectivity index (χ1v) is 8.39. The fraction of sp³-hybridized carbons (Fsp3) is 0.529. The second kappa shape index (κ2) is 10.8. The molecule has 24 heavy (non-hydrogen) atoms. The molecule has 0 bridgehead atoms. The van der Waals surface area contributed by atoms with Crippen molar-refractivity contribution in [3.05, 3.63) is 29.3 Å². The number of carbonyl (C=O) groups excluding carboxylic acids is 1. The van der Waals surface area contributed by atoms with Gasteiger partial charge in [0.2, 0.25) is 5.91 Å². The van der Waals surface area contributed by atoms with Crippen molar-refractivity contribution in [1.82, 2.24) is 15.5 Å². The van der Waals surface area contributed by atoms with Gasteiger partial charge in [0.15, 0.2) is 5.96 Å². The minimum atomic E-state index is -0.00405. The SMILES string of the molecule is CN=C(NCCNC(=O)C(C)C)N(C)CCOc1cccc(Cl)c1. The van der Waals surface area contributed by atoms with E-state index in [0.29, 0.717) is 31.3 Å². The van der Waals surface area contributed by atoms with Gasteiger partial charge in [-0.05, 0) is 18.2 Å². The summed E-state index contributed by atoms with van der Waals surface area (Å²) >= 11 is 5.92. The number of nitrogens with zero attached hydrogens (tertiary/aromatic N) is 2. The highest BCUT2D eigenvalue weighted by Crippen LogP contribution is 2.16. The molecule has 0 spiro atoms. The molecule has 0 atom stereocenters. The number of likely N-dealkylation sites (N-methyl/N-ethyl adjacent to an activating group) is 1. The number of hydrogen-bond acceptors (Lipinski definition) is 3. The van der Waals surface area contributed by atoms with Crippen molar-refractivity contribution >= 4 is 23.5 Å². The van der Waals surface area contributed by atoms with Crippen LogP contribution in [-0.2, 0) is 4.79 Å². The summed E-state index contributed by atoms with van der Waals surface area (Å²) < 4.78 is 5.67. The number of carbonyl (C=O) groups is 1. The van der Waals surface area contributed by atoms with Crippen molar-refractivity contribution in [2.45, 2.75) is 13.8 Å². The van der Waals surface area contributed by atoms with Crippen LogP contribution in [0.1, 0.15) is 13.8 Å². The number of ether oxygens (including phenoxy) is 1. The average molecular weight is 355 g/mol. The van der Waals surface area contributed by atoms with E-state index >= 15 is 0 Å². The third-order valence-electron chi connectivity index (χ3n) is 3.30. The number of rotatable bonds is 8. The quantitative estimate of drug-likeness (QED) is 0.426. The lowest BCUT2D eigenvalue weighted by atomic mass is 10.2. The van der Waals surface area contributed by atoms with Crippen LogP contribution in [0.4, 0.5) is 0 Å². The third-order valence-corrected chi connectivity index (χ3v) is 3.53. The first kappa shape index (κ1) is 20.1. The Morgan fingerprint density at radius 1 is 1.33 bits per heavy atom. The molecule has 0 radical (unpaired) electrons. The van der Waals surface area contributed by atoms with Crippen molar-refractivity contribution in [3.63, 3.8) is 0 Å². The van der Waals surface area contributed by atoms with Crippen LogP contribution in [0.3, 0.4) is 0 Å². The fourth-order valence-corrected chi connectivity index (χ4v) is 2.09. The monoisotopic (exact) mass is 354 g/mol. The van der Waals surface area contributed by atoms with E-state index in [-0.39, 0.29) is 11.8 Å². The fourth-order valence-electron chi connectivity index (χ4n) is 1.91. The first-order valence-electron chi connectivity index (χ1n) is 8.02. The lowest BCUT2D eigenvalue weighted by Crippen LogP contribution is -2.44. The molecule has 0 aliphatic rings. The molecule has 1 rings (SSSR count). The van der Waals surface area contributed by atoms with Crippen molar-refractivity contribution in [3.8, 4) is 5.75 Å². The zero-order valence-corrected chi connectivity index (χ0v) is 15.6. The lowest BCUT2D eigenvalue weighted by Gasteiger charge is -2.22. The molecule has 0 unspecified atom stereocenters. The Labute approximate surface area is 149 Å². The van der Waals surface area contributed by atoms with Crippen LogP contribution < -0.4 is 15.4 Å². The standard InChI is InChI=1S/C17H27ClN4O2/c1-13(2)16(23)20-8-9-21-17(19-3)22(4)10-11-24-15-7-5-6-14(18)12-15/h5-7,12-13H,8-11H2,1-4H3,(H,19,21)(H,20,23). The summed E-state index contributed by atoms with van der Waals surface area (Å²) in [5.41, 5.74) is 0. The highest BCUT2D eigenvalue weighted by Gasteiger charge is 2.07.